The number of hydrogen-bond donors (Lipinski definition) is 1. The highest BCUT2D eigenvalue weighted by Gasteiger charge is 2.15. The van der Waals surface area contributed by atoms with Crippen molar-refractivity contribution < 1.29 is 8.78 Å². The molecular weight excluding hydrogens is 292 g/mol. The normalized spacial score (nSPS) is 12.4. The van der Waals surface area contributed by atoms with Crippen molar-refractivity contribution in [3.05, 3.63) is 69.7 Å². The molecule has 0 bridgehead atoms. The fourth-order valence-electron chi connectivity index (χ4n) is 2.36. The summed E-state index contributed by atoms with van der Waals surface area (Å²) in [4.78, 5) is 0. The fraction of sp³-hybridized carbons (Fsp3) is 0.294. The van der Waals surface area contributed by atoms with E-state index in [1.54, 1.807) is 19.1 Å². The number of halogens is 3. The van der Waals surface area contributed by atoms with E-state index in [4.69, 9.17) is 11.6 Å². The van der Waals surface area contributed by atoms with E-state index < -0.39 is 5.82 Å². The second kappa shape index (κ2) is 7.01. The molecule has 21 heavy (non-hydrogen) atoms. The maximum atomic E-state index is 13.5. The molecule has 0 aliphatic carbocycles. The molecule has 2 aromatic rings. The van der Waals surface area contributed by atoms with E-state index in [-0.39, 0.29) is 16.9 Å². The van der Waals surface area contributed by atoms with Crippen molar-refractivity contribution in [1.29, 1.82) is 0 Å². The van der Waals surface area contributed by atoms with Crippen LogP contribution in [0.2, 0.25) is 5.02 Å². The summed E-state index contributed by atoms with van der Waals surface area (Å²) in [5.74, 6) is -0.641. The van der Waals surface area contributed by atoms with Crippen molar-refractivity contribution in [2.75, 3.05) is 6.54 Å². The number of benzene rings is 2. The molecule has 0 aliphatic heterocycles. The summed E-state index contributed by atoms with van der Waals surface area (Å²) in [6.45, 7) is 4.49. The minimum absolute atomic E-state index is 0.0337. The van der Waals surface area contributed by atoms with Gasteiger partial charge in [0.25, 0.3) is 0 Å². The average molecular weight is 310 g/mol. The molecule has 0 saturated carbocycles. The van der Waals surface area contributed by atoms with Crippen LogP contribution < -0.4 is 5.32 Å². The van der Waals surface area contributed by atoms with Crippen LogP contribution in [0, 0.1) is 18.6 Å². The van der Waals surface area contributed by atoms with Crippen molar-refractivity contribution in [3.63, 3.8) is 0 Å². The molecule has 0 spiro atoms. The van der Waals surface area contributed by atoms with E-state index in [2.05, 4.69) is 5.32 Å². The molecule has 0 radical (unpaired) electrons. The number of rotatable bonds is 5. The Morgan fingerprint density at radius 1 is 1.14 bits per heavy atom. The van der Waals surface area contributed by atoms with Gasteiger partial charge in [-0.3, -0.25) is 0 Å². The second-order valence-electron chi connectivity index (χ2n) is 5.04. The van der Waals surface area contributed by atoms with E-state index >= 15 is 0 Å². The third kappa shape index (κ3) is 3.80. The van der Waals surface area contributed by atoms with Gasteiger partial charge in [-0.15, -0.1) is 0 Å². The minimum atomic E-state index is -0.417. The zero-order valence-electron chi connectivity index (χ0n) is 12.1. The molecule has 4 heteroatoms. The molecule has 0 amide bonds. The summed E-state index contributed by atoms with van der Waals surface area (Å²) in [6, 6.07) is 9.80. The lowest BCUT2D eigenvalue weighted by Gasteiger charge is -2.20. The van der Waals surface area contributed by atoms with Gasteiger partial charge in [0, 0.05) is 6.04 Å². The van der Waals surface area contributed by atoms with E-state index in [9.17, 15) is 8.78 Å². The molecule has 0 saturated heterocycles. The molecule has 112 valence electrons. The number of nitrogens with one attached hydrogen (secondary N) is 1. The van der Waals surface area contributed by atoms with Crippen LogP contribution in [0.5, 0.6) is 0 Å². The fourth-order valence-corrected chi connectivity index (χ4v) is 2.57. The Morgan fingerprint density at radius 3 is 2.57 bits per heavy atom. The van der Waals surface area contributed by atoms with Crippen molar-refractivity contribution in [3.8, 4) is 0 Å². The zero-order chi connectivity index (χ0) is 15.4. The van der Waals surface area contributed by atoms with Crippen LogP contribution in [0.15, 0.2) is 36.4 Å². The summed E-state index contributed by atoms with van der Waals surface area (Å²) in [5, 5.41) is 3.49. The summed E-state index contributed by atoms with van der Waals surface area (Å²) >= 11 is 6.02. The quantitative estimate of drug-likeness (QED) is 0.835. The SMILES string of the molecule is CCNC(Cc1cccc(F)c1Cl)c1ccc(F)c(C)c1. The summed E-state index contributed by atoms with van der Waals surface area (Å²) in [5.41, 5.74) is 2.31. The Labute approximate surface area is 128 Å². The van der Waals surface area contributed by atoms with Crippen LogP contribution in [-0.2, 0) is 6.42 Å². The molecule has 1 N–H and O–H groups in total. The first kappa shape index (κ1) is 15.9. The van der Waals surface area contributed by atoms with E-state index in [1.165, 1.54) is 12.1 Å². The number of aryl methyl sites for hydroxylation is 1. The van der Waals surface area contributed by atoms with Gasteiger partial charge >= 0.3 is 0 Å². The molecule has 1 atom stereocenters. The highest BCUT2D eigenvalue weighted by molar-refractivity contribution is 6.31. The molecule has 0 aromatic heterocycles. The highest BCUT2D eigenvalue weighted by atomic mass is 35.5. The summed E-state index contributed by atoms with van der Waals surface area (Å²) < 4.78 is 26.9. The van der Waals surface area contributed by atoms with Crippen LogP contribution in [0.25, 0.3) is 0 Å². The van der Waals surface area contributed by atoms with Gasteiger partial charge in [0.2, 0.25) is 0 Å². The first-order valence-corrected chi connectivity index (χ1v) is 7.33. The second-order valence-corrected chi connectivity index (χ2v) is 5.41. The smallest absolute Gasteiger partial charge is 0.142 e. The Morgan fingerprint density at radius 2 is 1.90 bits per heavy atom. The molecular formula is C17H18ClF2N. The third-order valence-corrected chi connectivity index (χ3v) is 3.91. The van der Waals surface area contributed by atoms with Crippen LogP contribution in [0.1, 0.15) is 29.7 Å². The van der Waals surface area contributed by atoms with Gasteiger partial charge in [-0.05, 0) is 48.7 Å². The Balaban J connectivity index is 2.30. The topological polar surface area (TPSA) is 12.0 Å². The van der Waals surface area contributed by atoms with Crippen LogP contribution in [0.3, 0.4) is 0 Å². The van der Waals surface area contributed by atoms with E-state index in [1.807, 2.05) is 19.1 Å². The standard InChI is InChI=1S/C17H18ClF2N/c1-3-21-16(12-7-8-14(19)11(2)9-12)10-13-5-4-6-15(20)17(13)18/h4-9,16,21H,3,10H2,1-2H3. The molecule has 2 rings (SSSR count). The largest absolute Gasteiger partial charge is 0.310 e. The molecule has 2 aromatic carbocycles. The first-order chi connectivity index (χ1) is 10.0. The third-order valence-electron chi connectivity index (χ3n) is 3.49. The van der Waals surface area contributed by atoms with Gasteiger partial charge in [-0.25, -0.2) is 8.78 Å². The van der Waals surface area contributed by atoms with Gasteiger partial charge in [0.05, 0.1) is 5.02 Å². The van der Waals surface area contributed by atoms with E-state index in [0.29, 0.717) is 12.0 Å². The average Bonchev–Trinajstić information content (AvgIpc) is 2.46. The van der Waals surface area contributed by atoms with Gasteiger partial charge < -0.3 is 5.32 Å². The van der Waals surface area contributed by atoms with Gasteiger partial charge in [0.1, 0.15) is 11.6 Å². The number of likely N-dealkylation sites (N-methyl/N-ethyl adjacent to an activating group) is 1. The van der Waals surface area contributed by atoms with Crippen LogP contribution in [-0.4, -0.2) is 6.54 Å². The van der Waals surface area contributed by atoms with Crippen LogP contribution >= 0.6 is 11.6 Å². The van der Waals surface area contributed by atoms with Crippen molar-refractivity contribution in [2.24, 2.45) is 0 Å². The Kier molecular flexibility index (Phi) is 5.32. The zero-order valence-corrected chi connectivity index (χ0v) is 12.8. The van der Waals surface area contributed by atoms with Gasteiger partial charge in [-0.1, -0.05) is 42.8 Å². The molecule has 1 unspecified atom stereocenters. The summed E-state index contributed by atoms with van der Waals surface area (Å²) in [7, 11) is 0. The monoisotopic (exact) mass is 309 g/mol. The minimum Gasteiger partial charge on any atom is -0.310 e. The molecule has 0 heterocycles. The van der Waals surface area contributed by atoms with Crippen molar-refractivity contribution in [2.45, 2.75) is 26.3 Å². The maximum absolute atomic E-state index is 13.5. The number of hydrogen-bond acceptors (Lipinski definition) is 1. The lowest BCUT2D eigenvalue weighted by molar-refractivity contribution is 0.543. The van der Waals surface area contributed by atoms with Crippen molar-refractivity contribution in [1.82, 2.24) is 5.32 Å². The molecule has 0 fully saturated rings. The maximum Gasteiger partial charge on any atom is 0.142 e. The Hall–Kier alpha value is -1.45. The highest BCUT2D eigenvalue weighted by Crippen LogP contribution is 2.26. The molecule has 1 nitrogen and oxygen atoms in total. The summed E-state index contributed by atoms with van der Waals surface area (Å²) in [6.07, 6.45) is 0.551. The predicted octanol–water partition coefficient (Wildman–Crippen LogP) is 4.82. The van der Waals surface area contributed by atoms with Gasteiger partial charge in [-0.2, -0.15) is 0 Å². The lowest BCUT2D eigenvalue weighted by Crippen LogP contribution is -2.23. The van der Waals surface area contributed by atoms with Crippen LogP contribution in [0.4, 0.5) is 8.78 Å². The lowest BCUT2D eigenvalue weighted by atomic mass is 9.97. The van der Waals surface area contributed by atoms with Gasteiger partial charge in [0.15, 0.2) is 0 Å². The predicted molar refractivity (Wildman–Crippen MR) is 82.7 cm³/mol. The van der Waals surface area contributed by atoms with Crippen molar-refractivity contribution >= 4 is 11.6 Å². The Bertz CT molecular complexity index is 628. The molecule has 0 aliphatic rings. The first-order valence-electron chi connectivity index (χ1n) is 6.95. The van der Waals surface area contributed by atoms with E-state index in [0.717, 1.165) is 17.7 Å².